The molecule has 10 heteroatoms. The number of hydrogen-bond acceptors (Lipinski definition) is 4. The average Bonchev–Trinajstić information content (AvgIpc) is 3.12. The quantitative estimate of drug-likeness (QED) is 0.580. The van der Waals surface area contributed by atoms with Crippen LogP contribution in [-0.2, 0) is 0 Å². The van der Waals surface area contributed by atoms with Crippen LogP contribution in [0.3, 0.4) is 0 Å². The standard InChI is InChI=1S/C21H21F4N5O/c1-12(13-8-14(22)10-15(23)9-13)27-18-4-7-30-19(29-18)17(11-26-30)20(31)28-16-2-5-21(24,25)6-3-16/h4,7-12,16H,2-3,5-6H2,1H3,(H,27,29)(H,28,31). The van der Waals surface area contributed by atoms with Gasteiger partial charge in [-0.25, -0.2) is 27.1 Å². The predicted octanol–water partition coefficient (Wildman–Crippen LogP) is 4.49. The molecule has 1 atom stereocenters. The molecule has 2 heterocycles. The molecular formula is C21H21F4N5O. The van der Waals surface area contributed by atoms with E-state index < -0.39 is 29.5 Å². The fourth-order valence-corrected chi connectivity index (χ4v) is 3.69. The first-order chi connectivity index (χ1) is 14.7. The molecule has 0 aliphatic heterocycles. The number of aromatic nitrogens is 3. The number of fused-ring (bicyclic) bond motifs is 1. The molecule has 0 radical (unpaired) electrons. The van der Waals surface area contributed by atoms with Crippen LogP contribution < -0.4 is 10.6 Å². The van der Waals surface area contributed by atoms with E-state index in [0.717, 1.165) is 6.07 Å². The normalized spacial score (nSPS) is 17.5. The minimum absolute atomic E-state index is 0.208. The van der Waals surface area contributed by atoms with Crippen molar-refractivity contribution in [3.05, 3.63) is 59.4 Å². The van der Waals surface area contributed by atoms with Gasteiger partial charge in [-0.1, -0.05) is 0 Å². The number of nitrogens with one attached hydrogen (secondary N) is 2. The van der Waals surface area contributed by atoms with Crippen LogP contribution in [0.1, 0.15) is 54.6 Å². The van der Waals surface area contributed by atoms with Crippen molar-refractivity contribution in [2.75, 3.05) is 5.32 Å². The zero-order valence-corrected chi connectivity index (χ0v) is 16.7. The van der Waals surface area contributed by atoms with Gasteiger partial charge in [-0.15, -0.1) is 0 Å². The monoisotopic (exact) mass is 435 g/mol. The molecule has 0 spiro atoms. The first kappa shape index (κ1) is 21.1. The van der Waals surface area contributed by atoms with Gasteiger partial charge in [0.05, 0.1) is 12.2 Å². The van der Waals surface area contributed by atoms with Crippen LogP contribution in [0.25, 0.3) is 5.65 Å². The van der Waals surface area contributed by atoms with Gasteiger partial charge in [0, 0.05) is 31.1 Å². The van der Waals surface area contributed by atoms with E-state index in [4.69, 9.17) is 0 Å². The Kier molecular flexibility index (Phi) is 5.55. The van der Waals surface area contributed by atoms with Crippen LogP contribution in [0.15, 0.2) is 36.7 Å². The maximum Gasteiger partial charge on any atom is 0.256 e. The molecule has 4 rings (SSSR count). The summed E-state index contributed by atoms with van der Waals surface area (Å²) in [6.07, 6.45) is 2.88. The lowest BCUT2D eigenvalue weighted by atomic mass is 9.92. The molecule has 0 saturated heterocycles. The van der Waals surface area contributed by atoms with E-state index in [1.165, 1.54) is 22.8 Å². The molecule has 1 aromatic carbocycles. The number of nitrogens with zero attached hydrogens (tertiary/aromatic N) is 3. The Labute approximate surface area is 175 Å². The lowest BCUT2D eigenvalue weighted by Gasteiger charge is -2.28. The molecule has 1 aliphatic rings. The predicted molar refractivity (Wildman–Crippen MR) is 106 cm³/mol. The number of carbonyl (C=O) groups is 1. The zero-order valence-electron chi connectivity index (χ0n) is 16.7. The number of anilines is 1. The average molecular weight is 435 g/mol. The van der Waals surface area contributed by atoms with Gasteiger partial charge in [0.2, 0.25) is 5.92 Å². The van der Waals surface area contributed by atoms with Crippen molar-refractivity contribution < 1.29 is 22.4 Å². The molecule has 2 aromatic heterocycles. The van der Waals surface area contributed by atoms with E-state index >= 15 is 0 Å². The van der Waals surface area contributed by atoms with Crippen molar-refractivity contribution in [2.45, 2.75) is 50.6 Å². The molecule has 0 bridgehead atoms. The second-order valence-electron chi connectivity index (χ2n) is 7.81. The molecule has 6 nitrogen and oxygen atoms in total. The Hall–Kier alpha value is -3.17. The highest BCUT2D eigenvalue weighted by Crippen LogP contribution is 2.33. The molecular weight excluding hydrogens is 414 g/mol. The van der Waals surface area contributed by atoms with Gasteiger partial charge in [-0.3, -0.25) is 4.79 Å². The highest BCUT2D eigenvalue weighted by Gasteiger charge is 2.35. The van der Waals surface area contributed by atoms with Crippen molar-refractivity contribution in [2.24, 2.45) is 0 Å². The smallest absolute Gasteiger partial charge is 0.256 e. The highest BCUT2D eigenvalue weighted by atomic mass is 19.3. The lowest BCUT2D eigenvalue weighted by molar-refractivity contribution is -0.0399. The summed E-state index contributed by atoms with van der Waals surface area (Å²) in [4.78, 5) is 17.1. The summed E-state index contributed by atoms with van der Waals surface area (Å²) in [5.41, 5.74) is 0.895. The maximum absolute atomic E-state index is 13.5. The fourth-order valence-electron chi connectivity index (χ4n) is 3.69. The number of amides is 1. The van der Waals surface area contributed by atoms with Gasteiger partial charge in [0.15, 0.2) is 5.65 Å². The Morgan fingerprint density at radius 1 is 1.19 bits per heavy atom. The maximum atomic E-state index is 13.5. The number of halogens is 4. The number of benzene rings is 1. The third-order valence-electron chi connectivity index (χ3n) is 5.42. The van der Waals surface area contributed by atoms with Crippen molar-refractivity contribution in [3.8, 4) is 0 Å². The van der Waals surface area contributed by atoms with Crippen LogP contribution in [0, 0.1) is 11.6 Å². The summed E-state index contributed by atoms with van der Waals surface area (Å²) in [5, 5.41) is 9.93. The third-order valence-corrected chi connectivity index (χ3v) is 5.42. The van der Waals surface area contributed by atoms with Crippen molar-refractivity contribution >= 4 is 17.4 Å². The number of rotatable bonds is 5. The topological polar surface area (TPSA) is 71.3 Å². The summed E-state index contributed by atoms with van der Waals surface area (Å²) in [7, 11) is 0. The summed E-state index contributed by atoms with van der Waals surface area (Å²) < 4.78 is 55.1. The molecule has 2 N–H and O–H groups in total. The first-order valence-corrected chi connectivity index (χ1v) is 9.96. The Bertz CT molecular complexity index is 1090. The number of carbonyl (C=O) groups excluding carboxylic acids is 1. The molecule has 31 heavy (non-hydrogen) atoms. The van der Waals surface area contributed by atoms with E-state index in [9.17, 15) is 22.4 Å². The SMILES string of the molecule is CC(Nc1ccn2ncc(C(=O)NC3CCC(F)(F)CC3)c2n1)c1cc(F)cc(F)c1. The molecule has 1 aliphatic carbocycles. The molecule has 1 amide bonds. The van der Waals surface area contributed by atoms with Gasteiger partial charge in [-0.2, -0.15) is 5.10 Å². The second kappa shape index (κ2) is 8.16. The van der Waals surface area contributed by atoms with Crippen LogP contribution >= 0.6 is 0 Å². The van der Waals surface area contributed by atoms with E-state index in [0.29, 0.717) is 11.4 Å². The van der Waals surface area contributed by atoms with Crippen LogP contribution in [0.5, 0.6) is 0 Å². The summed E-state index contributed by atoms with van der Waals surface area (Å²) in [5.74, 6) is -4.08. The van der Waals surface area contributed by atoms with Crippen molar-refractivity contribution in [1.29, 1.82) is 0 Å². The first-order valence-electron chi connectivity index (χ1n) is 9.96. The lowest BCUT2D eigenvalue weighted by Crippen LogP contribution is -2.40. The van der Waals surface area contributed by atoms with Crippen LogP contribution in [-0.4, -0.2) is 32.5 Å². The summed E-state index contributed by atoms with van der Waals surface area (Å²) in [6, 6.07) is 4.09. The molecule has 1 fully saturated rings. The highest BCUT2D eigenvalue weighted by molar-refractivity contribution is 5.99. The van der Waals surface area contributed by atoms with E-state index in [1.54, 1.807) is 19.2 Å². The second-order valence-corrected chi connectivity index (χ2v) is 7.81. The third kappa shape index (κ3) is 4.78. The molecule has 3 aromatic rings. The minimum Gasteiger partial charge on any atom is -0.363 e. The van der Waals surface area contributed by atoms with Crippen molar-refractivity contribution in [3.63, 3.8) is 0 Å². The van der Waals surface area contributed by atoms with Gasteiger partial charge >= 0.3 is 0 Å². The Morgan fingerprint density at radius 2 is 1.87 bits per heavy atom. The molecule has 1 unspecified atom stereocenters. The van der Waals surface area contributed by atoms with Crippen LogP contribution in [0.2, 0.25) is 0 Å². The van der Waals surface area contributed by atoms with E-state index in [-0.39, 0.29) is 42.9 Å². The summed E-state index contributed by atoms with van der Waals surface area (Å²) >= 11 is 0. The Morgan fingerprint density at radius 3 is 2.55 bits per heavy atom. The number of alkyl halides is 2. The Balaban J connectivity index is 1.50. The van der Waals surface area contributed by atoms with Gasteiger partial charge in [-0.05, 0) is 43.5 Å². The van der Waals surface area contributed by atoms with E-state index in [2.05, 4.69) is 20.7 Å². The minimum atomic E-state index is -2.67. The van der Waals surface area contributed by atoms with E-state index in [1.807, 2.05) is 0 Å². The van der Waals surface area contributed by atoms with Gasteiger partial charge in [0.25, 0.3) is 5.91 Å². The van der Waals surface area contributed by atoms with Crippen molar-refractivity contribution in [1.82, 2.24) is 19.9 Å². The molecule has 1 saturated carbocycles. The molecule has 164 valence electrons. The largest absolute Gasteiger partial charge is 0.363 e. The van der Waals surface area contributed by atoms with Gasteiger partial charge < -0.3 is 10.6 Å². The summed E-state index contributed by atoms with van der Waals surface area (Å²) in [6.45, 7) is 1.73. The fraction of sp³-hybridized carbons (Fsp3) is 0.381. The van der Waals surface area contributed by atoms with Gasteiger partial charge in [0.1, 0.15) is 23.0 Å². The van der Waals surface area contributed by atoms with Crippen LogP contribution in [0.4, 0.5) is 23.4 Å². The number of hydrogen-bond donors (Lipinski definition) is 2. The zero-order chi connectivity index (χ0) is 22.2.